The van der Waals surface area contributed by atoms with Gasteiger partial charge in [-0.25, -0.2) is 9.78 Å². The summed E-state index contributed by atoms with van der Waals surface area (Å²) in [7, 11) is 0. The highest BCUT2D eigenvalue weighted by Crippen LogP contribution is 2.32. The Labute approximate surface area is 215 Å². The van der Waals surface area contributed by atoms with Crippen molar-refractivity contribution in [2.24, 2.45) is 5.92 Å². The number of ether oxygens (including phenoxy) is 1. The molecule has 1 unspecified atom stereocenters. The van der Waals surface area contributed by atoms with Gasteiger partial charge in [0.05, 0.1) is 6.54 Å². The van der Waals surface area contributed by atoms with E-state index in [1.807, 2.05) is 20.0 Å². The van der Waals surface area contributed by atoms with Crippen LogP contribution in [0.3, 0.4) is 0 Å². The molecule has 3 atom stereocenters. The maximum atomic E-state index is 13.6. The van der Waals surface area contributed by atoms with Crippen molar-refractivity contribution in [3.05, 3.63) is 41.4 Å². The van der Waals surface area contributed by atoms with Crippen molar-refractivity contribution >= 4 is 28.7 Å². The van der Waals surface area contributed by atoms with Crippen LogP contribution in [0.4, 0.5) is 6.01 Å². The number of nitrogens with one attached hydrogen (secondary N) is 1. The summed E-state index contributed by atoms with van der Waals surface area (Å²) in [6, 6.07) is 4.81. The number of benzene rings is 1. The number of anilines is 1. The fourth-order valence-electron chi connectivity index (χ4n) is 5.22. The molecule has 1 saturated heterocycles. The molecule has 0 aliphatic carbocycles. The van der Waals surface area contributed by atoms with Crippen LogP contribution in [-0.2, 0) is 28.9 Å². The molecule has 2 N–H and O–H groups in total. The molecular weight excluding hydrogens is 474 g/mol. The molecule has 2 aliphatic heterocycles. The lowest BCUT2D eigenvalue weighted by Gasteiger charge is -2.28. The Morgan fingerprint density at radius 2 is 2.03 bits per heavy atom. The number of fused-ring (bicyclic) bond motifs is 5. The van der Waals surface area contributed by atoms with E-state index in [1.165, 1.54) is 10.5 Å². The van der Waals surface area contributed by atoms with Gasteiger partial charge < -0.3 is 24.5 Å². The predicted molar refractivity (Wildman–Crippen MR) is 136 cm³/mol. The second kappa shape index (κ2) is 10.4. The number of nitrogens with zero attached hydrogens (tertiary/aromatic N) is 4. The molecule has 1 amide bonds. The molecule has 5 rings (SSSR count). The monoisotopic (exact) mass is 507 g/mol. The number of carbonyl (C=O) groups excluding carboxylic acids is 1. The highest BCUT2D eigenvalue weighted by molar-refractivity contribution is 5.91. The quantitative estimate of drug-likeness (QED) is 0.546. The van der Waals surface area contributed by atoms with Gasteiger partial charge in [-0.3, -0.25) is 4.79 Å². The first kappa shape index (κ1) is 25.0. The maximum Gasteiger partial charge on any atom is 0.326 e. The zero-order chi connectivity index (χ0) is 26.1. The van der Waals surface area contributed by atoms with E-state index in [0.717, 1.165) is 42.0 Å². The van der Waals surface area contributed by atoms with Gasteiger partial charge in [0, 0.05) is 24.4 Å². The summed E-state index contributed by atoms with van der Waals surface area (Å²) in [5, 5.41) is 23.2. The Kier molecular flexibility index (Phi) is 6.99. The Morgan fingerprint density at radius 3 is 2.78 bits per heavy atom. The molecule has 0 saturated carbocycles. The Hall–Kier alpha value is -3.69. The van der Waals surface area contributed by atoms with E-state index in [9.17, 15) is 14.7 Å². The minimum absolute atomic E-state index is 0.145. The van der Waals surface area contributed by atoms with Gasteiger partial charge in [-0.1, -0.05) is 38.0 Å². The van der Waals surface area contributed by atoms with Crippen molar-refractivity contribution < 1.29 is 23.8 Å². The average molecular weight is 508 g/mol. The van der Waals surface area contributed by atoms with Crippen molar-refractivity contribution in [3.63, 3.8) is 0 Å². The average Bonchev–Trinajstić information content (AvgIpc) is 3.51. The molecule has 37 heavy (non-hydrogen) atoms. The molecule has 6 bridgehead atoms. The molecule has 1 aromatic carbocycles. The van der Waals surface area contributed by atoms with Gasteiger partial charge >= 0.3 is 12.0 Å². The lowest BCUT2D eigenvalue weighted by Crippen LogP contribution is -2.50. The van der Waals surface area contributed by atoms with Crippen molar-refractivity contribution in [2.45, 2.75) is 77.5 Å². The number of hydrogen-bond donors (Lipinski definition) is 2. The second-order valence-corrected chi connectivity index (χ2v) is 10.2. The first-order valence-electron chi connectivity index (χ1n) is 13.0. The minimum atomic E-state index is -1.06. The van der Waals surface area contributed by atoms with E-state index in [4.69, 9.17) is 9.15 Å². The largest absolute Gasteiger partial charge is 0.480 e. The van der Waals surface area contributed by atoms with Crippen molar-refractivity contribution in [1.29, 1.82) is 0 Å². The first-order chi connectivity index (χ1) is 17.8. The van der Waals surface area contributed by atoms with Gasteiger partial charge in [0.15, 0.2) is 0 Å². The number of aliphatic carboxylic acids is 1. The van der Waals surface area contributed by atoms with Crippen LogP contribution in [0.25, 0.3) is 10.8 Å². The number of hydrogen-bond acceptors (Lipinski definition) is 8. The third kappa shape index (κ3) is 5.10. The molecule has 0 radical (unpaired) electrons. The van der Waals surface area contributed by atoms with Crippen LogP contribution >= 0.6 is 0 Å². The highest BCUT2D eigenvalue weighted by Gasteiger charge is 2.44. The zero-order valence-corrected chi connectivity index (χ0v) is 21.4. The van der Waals surface area contributed by atoms with Crippen LogP contribution in [0.1, 0.15) is 57.1 Å². The fraction of sp³-hybridized carbons (Fsp3) is 0.519. The summed E-state index contributed by atoms with van der Waals surface area (Å²) in [6.45, 7) is 6.02. The highest BCUT2D eigenvalue weighted by atomic mass is 16.5. The molecule has 196 valence electrons. The summed E-state index contributed by atoms with van der Waals surface area (Å²) < 4.78 is 12.1. The number of rotatable bonds is 3. The SMILES string of the molecule is CCc1cnc2c3cc(ccc13)CCCCc1nnc(o1)N[C@@H](C(C)C)C(=O)N1CC(C[C@H]1C(=O)O)O2. The van der Waals surface area contributed by atoms with Gasteiger partial charge in [-0.05, 0) is 54.2 Å². The van der Waals surface area contributed by atoms with Crippen molar-refractivity contribution in [1.82, 2.24) is 20.1 Å². The maximum absolute atomic E-state index is 13.6. The van der Waals surface area contributed by atoms with Gasteiger partial charge in [0.2, 0.25) is 17.7 Å². The molecule has 2 aliphatic rings. The van der Waals surface area contributed by atoms with E-state index in [2.05, 4.69) is 45.6 Å². The lowest BCUT2D eigenvalue weighted by molar-refractivity contribution is -0.148. The van der Waals surface area contributed by atoms with Crippen molar-refractivity contribution in [3.8, 4) is 5.88 Å². The molecular formula is C27H33N5O5. The standard InChI is InChI=1S/C27H33N5O5/c1-4-17-13-28-24-20-11-16(9-10-19(17)20)7-5-6-8-22-30-31-27(37-22)29-23(15(2)3)25(33)32-14-18(36-24)12-21(32)26(34)35/h9-11,13,15,18,21,23H,4-8,12,14H2,1-3H3,(H,29,31)(H,34,35)/t18?,21-,23-/m0/s1. The van der Waals surface area contributed by atoms with E-state index in [-0.39, 0.29) is 30.8 Å². The second-order valence-electron chi connectivity index (χ2n) is 10.2. The molecule has 2 aromatic heterocycles. The smallest absolute Gasteiger partial charge is 0.326 e. The number of carbonyl (C=O) groups is 2. The van der Waals surface area contributed by atoms with E-state index in [0.29, 0.717) is 18.2 Å². The summed E-state index contributed by atoms with van der Waals surface area (Å²) >= 11 is 0. The van der Waals surface area contributed by atoms with Crippen LogP contribution in [0.15, 0.2) is 28.8 Å². The number of aryl methyl sites for hydroxylation is 3. The Bertz CT molecular complexity index is 1310. The molecule has 1 fully saturated rings. The van der Waals surface area contributed by atoms with Gasteiger partial charge in [0.1, 0.15) is 18.2 Å². The van der Waals surface area contributed by atoms with Gasteiger partial charge in [-0.2, -0.15) is 0 Å². The molecule has 3 aromatic rings. The van der Waals surface area contributed by atoms with Gasteiger partial charge in [-0.15, -0.1) is 5.10 Å². The third-order valence-corrected chi connectivity index (χ3v) is 7.27. The summed E-state index contributed by atoms with van der Waals surface area (Å²) in [5.41, 5.74) is 2.30. The van der Waals surface area contributed by atoms with Crippen LogP contribution in [0, 0.1) is 5.92 Å². The number of aromatic nitrogens is 3. The minimum Gasteiger partial charge on any atom is -0.480 e. The summed E-state index contributed by atoms with van der Waals surface area (Å²) in [4.78, 5) is 31.8. The number of amides is 1. The fourth-order valence-corrected chi connectivity index (χ4v) is 5.22. The van der Waals surface area contributed by atoms with E-state index >= 15 is 0 Å². The first-order valence-corrected chi connectivity index (χ1v) is 13.0. The molecule has 10 nitrogen and oxygen atoms in total. The van der Waals surface area contributed by atoms with Crippen LogP contribution in [0.2, 0.25) is 0 Å². The number of carboxylic acids is 1. The topological polar surface area (TPSA) is 131 Å². The van der Waals surface area contributed by atoms with Gasteiger partial charge in [0.25, 0.3) is 0 Å². The van der Waals surface area contributed by atoms with Crippen LogP contribution in [-0.4, -0.2) is 61.8 Å². The van der Waals surface area contributed by atoms with Crippen LogP contribution in [0.5, 0.6) is 5.88 Å². The van der Waals surface area contributed by atoms with E-state index in [1.54, 1.807) is 0 Å². The summed E-state index contributed by atoms with van der Waals surface area (Å²) in [5.74, 6) is -0.555. The number of pyridine rings is 1. The zero-order valence-electron chi connectivity index (χ0n) is 21.4. The Morgan fingerprint density at radius 1 is 1.22 bits per heavy atom. The van der Waals surface area contributed by atoms with E-state index < -0.39 is 24.2 Å². The van der Waals surface area contributed by atoms with Crippen LogP contribution < -0.4 is 10.1 Å². The predicted octanol–water partition coefficient (Wildman–Crippen LogP) is 3.63. The Balaban J connectivity index is 1.54. The molecule has 10 heteroatoms. The van der Waals surface area contributed by atoms with Crippen molar-refractivity contribution in [2.75, 3.05) is 11.9 Å². The normalized spacial score (nSPS) is 22.5. The molecule has 0 spiro atoms. The number of carboxylic acid groups (broad SMARTS) is 1. The summed E-state index contributed by atoms with van der Waals surface area (Å²) in [6.07, 6.45) is 5.67. The third-order valence-electron chi connectivity index (χ3n) is 7.27. The molecule has 4 heterocycles. The lowest BCUT2D eigenvalue weighted by atomic mass is 10.00.